The third-order valence-electron chi connectivity index (χ3n) is 1.74. The van der Waals surface area contributed by atoms with E-state index >= 15 is 0 Å². The molecular formula is C10H12F2N2S. The summed E-state index contributed by atoms with van der Waals surface area (Å²) < 4.78 is 26.3. The molecule has 1 aromatic rings. The third-order valence-corrected chi connectivity index (χ3v) is 1.98. The van der Waals surface area contributed by atoms with E-state index in [1.54, 1.807) is 0 Å². The molecule has 0 fully saturated rings. The number of halogens is 2. The maximum atomic E-state index is 13.1. The highest BCUT2D eigenvalue weighted by atomic mass is 32.1. The molecule has 0 amide bonds. The van der Waals surface area contributed by atoms with Crippen molar-refractivity contribution in [3.8, 4) is 0 Å². The largest absolute Gasteiger partial charge is 0.362 e. The van der Waals surface area contributed by atoms with Gasteiger partial charge in [0.2, 0.25) is 0 Å². The van der Waals surface area contributed by atoms with Crippen molar-refractivity contribution in [1.29, 1.82) is 0 Å². The first-order valence-corrected chi connectivity index (χ1v) is 5.05. The number of hydrogen-bond donors (Lipinski definition) is 2. The Morgan fingerprint density at radius 1 is 1.33 bits per heavy atom. The highest BCUT2D eigenvalue weighted by Crippen LogP contribution is 2.17. The Morgan fingerprint density at radius 2 is 1.93 bits per heavy atom. The van der Waals surface area contributed by atoms with Crippen LogP contribution in [-0.4, -0.2) is 11.7 Å². The predicted molar refractivity (Wildman–Crippen MR) is 60.9 cm³/mol. The van der Waals surface area contributed by atoms with Gasteiger partial charge in [0.05, 0.1) is 0 Å². The minimum atomic E-state index is -0.657. The van der Waals surface area contributed by atoms with Gasteiger partial charge in [0.15, 0.2) is 5.11 Å². The van der Waals surface area contributed by atoms with E-state index in [1.807, 2.05) is 6.92 Å². The fourth-order valence-corrected chi connectivity index (χ4v) is 1.22. The Labute approximate surface area is 92.7 Å². The third kappa shape index (κ3) is 3.43. The molecule has 0 heterocycles. The summed E-state index contributed by atoms with van der Waals surface area (Å²) in [6.07, 6.45) is 0.890. The van der Waals surface area contributed by atoms with Crippen molar-refractivity contribution in [3.05, 3.63) is 29.8 Å². The number of thiocarbonyl (C=S) groups is 1. The summed E-state index contributed by atoms with van der Waals surface area (Å²) in [6, 6.07) is 3.65. The molecule has 15 heavy (non-hydrogen) atoms. The van der Waals surface area contributed by atoms with Crippen LogP contribution in [0.4, 0.5) is 14.5 Å². The number of nitrogens with one attached hydrogen (secondary N) is 2. The summed E-state index contributed by atoms with van der Waals surface area (Å²) in [5, 5.41) is 5.53. The van der Waals surface area contributed by atoms with Crippen molar-refractivity contribution >= 4 is 23.0 Å². The smallest absolute Gasteiger partial charge is 0.170 e. The summed E-state index contributed by atoms with van der Waals surface area (Å²) >= 11 is 4.87. The van der Waals surface area contributed by atoms with Crippen LogP contribution >= 0.6 is 12.2 Å². The second kappa shape index (κ2) is 5.60. The lowest BCUT2D eigenvalue weighted by Gasteiger charge is -2.10. The van der Waals surface area contributed by atoms with Gasteiger partial charge in [-0.25, -0.2) is 8.78 Å². The van der Waals surface area contributed by atoms with Gasteiger partial charge in [-0.05, 0) is 30.8 Å². The van der Waals surface area contributed by atoms with E-state index in [2.05, 4.69) is 10.6 Å². The van der Waals surface area contributed by atoms with E-state index in [0.29, 0.717) is 6.54 Å². The number of benzene rings is 1. The minimum Gasteiger partial charge on any atom is -0.362 e. The van der Waals surface area contributed by atoms with Crippen LogP contribution < -0.4 is 10.6 Å². The van der Waals surface area contributed by atoms with Gasteiger partial charge < -0.3 is 10.6 Å². The molecule has 1 aromatic carbocycles. The van der Waals surface area contributed by atoms with E-state index in [1.165, 1.54) is 18.2 Å². The predicted octanol–water partition coefficient (Wildman–Crippen LogP) is 2.66. The van der Waals surface area contributed by atoms with Crippen LogP contribution in [0.15, 0.2) is 18.2 Å². The molecule has 0 saturated heterocycles. The van der Waals surface area contributed by atoms with E-state index in [9.17, 15) is 8.78 Å². The average Bonchev–Trinajstić information content (AvgIpc) is 2.21. The normalized spacial score (nSPS) is 9.80. The Balaban J connectivity index is 2.68. The fourth-order valence-electron chi connectivity index (χ4n) is 1.01. The Morgan fingerprint density at radius 3 is 2.47 bits per heavy atom. The molecule has 0 aliphatic heterocycles. The van der Waals surface area contributed by atoms with E-state index in [-0.39, 0.29) is 10.8 Å². The molecule has 0 aliphatic rings. The highest BCUT2D eigenvalue weighted by molar-refractivity contribution is 7.80. The number of rotatable bonds is 3. The van der Waals surface area contributed by atoms with Crippen LogP contribution in [0.3, 0.4) is 0 Å². The van der Waals surface area contributed by atoms with Gasteiger partial charge in [-0.2, -0.15) is 0 Å². The molecule has 82 valence electrons. The molecule has 0 bridgehead atoms. The molecule has 2 nitrogen and oxygen atoms in total. The summed E-state index contributed by atoms with van der Waals surface area (Å²) in [4.78, 5) is 0. The van der Waals surface area contributed by atoms with Crippen LogP contribution in [0, 0.1) is 11.6 Å². The molecule has 0 radical (unpaired) electrons. The van der Waals surface area contributed by atoms with Crippen LogP contribution in [0.1, 0.15) is 13.3 Å². The van der Waals surface area contributed by atoms with Gasteiger partial charge in [0, 0.05) is 6.54 Å². The second-order valence-electron chi connectivity index (χ2n) is 2.98. The molecular weight excluding hydrogens is 218 g/mol. The van der Waals surface area contributed by atoms with Gasteiger partial charge in [0.1, 0.15) is 17.3 Å². The zero-order valence-corrected chi connectivity index (χ0v) is 9.13. The first-order chi connectivity index (χ1) is 7.15. The lowest BCUT2D eigenvalue weighted by molar-refractivity contribution is 0.591. The summed E-state index contributed by atoms with van der Waals surface area (Å²) in [5.74, 6) is -1.31. The second-order valence-corrected chi connectivity index (χ2v) is 3.39. The highest BCUT2D eigenvalue weighted by Gasteiger charge is 2.08. The first kappa shape index (κ1) is 11.8. The topological polar surface area (TPSA) is 24.1 Å². The monoisotopic (exact) mass is 230 g/mol. The lowest BCUT2D eigenvalue weighted by atomic mass is 10.3. The molecule has 0 aliphatic carbocycles. The van der Waals surface area contributed by atoms with Crippen molar-refractivity contribution in [2.75, 3.05) is 11.9 Å². The maximum absolute atomic E-state index is 13.1. The molecule has 5 heteroatoms. The standard InChI is InChI=1S/C10H12F2N2S/c1-2-6-13-10(15)14-9-7(11)4-3-5-8(9)12/h3-5H,2,6H2,1H3,(H2,13,14,15). The zero-order chi connectivity index (χ0) is 11.3. The van der Waals surface area contributed by atoms with Crippen LogP contribution in [0.25, 0.3) is 0 Å². The molecule has 0 spiro atoms. The number of hydrogen-bond acceptors (Lipinski definition) is 1. The zero-order valence-electron chi connectivity index (χ0n) is 8.31. The Bertz CT molecular complexity index is 335. The maximum Gasteiger partial charge on any atom is 0.170 e. The number of para-hydroxylation sites is 1. The van der Waals surface area contributed by atoms with Crippen molar-refractivity contribution < 1.29 is 8.78 Å². The van der Waals surface area contributed by atoms with Crippen LogP contribution in [0.5, 0.6) is 0 Å². The van der Waals surface area contributed by atoms with Crippen molar-refractivity contribution in [3.63, 3.8) is 0 Å². The quantitative estimate of drug-likeness (QED) is 0.781. The fraction of sp³-hybridized carbons (Fsp3) is 0.300. The summed E-state index contributed by atoms with van der Waals surface area (Å²) in [6.45, 7) is 2.64. The van der Waals surface area contributed by atoms with Crippen LogP contribution in [-0.2, 0) is 0 Å². The van der Waals surface area contributed by atoms with Gasteiger partial charge in [-0.15, -0.1) is 0 Å². The van der Waals surface area contributed by atoms with Crippen molar-refractivity contribution in [2.45, 2.75) is 13.3 Å². The summed E-state index contributed by atoms with van der Waals surface area (Å²) in [5.41, 5.74) is -0.217. The Hall–Kier alpha value is -1.23. The minimum absolute atomic E-state index is 0.217. The molecule has 2 N–H and O–H groups in total. The van der Waals surface area contributed by atoms with Crippen molar-refractivity contribution in [1.82, 2.24) is 5.32 Å². The molecule has 0 saturated carbocycles. The molecule has 0 unspecified atom stereocenters. The first-order valence-electron chi connectivity index (χ1n) is 4.64. The summed E-state index contributed by atoms with van der Waals surface area (Å²) in [7, 11) is 0. The molecule has 0 aromatic heterocycles. The molecule has 0 atom stereocenters. The van der Waals surface area contributed by atoms with E-state index in [0.717, 1.165) is 6.42 Å². The average molecular weight is 230 g/mol. The van der Waals surface area contributed by atoms with E-state index < -0.39 is 11.6 Å². The number of anilines is 1. The van der Waals surface area contributed by atoms with Crippen molar-refractivity contribution in [2.24, 2.45) is 0 Å². The van der Waals surface area contributed by atoms with Gasteiger partial charge in [-0.1, -0.05) is 13.0 Å². The van der Waals surface area contributed by atoms with Gasteiger partial charge in [-0.3, -0.25) is 0 Å². The SMILES string of the molecule is CCCNC(=S)Nc1c(F)cccc1F. The van der Waals surface area contributed by atoms with E-state index in [4.69, 9.17) is 12.2 Å². The Kier molecular flexibility index (Phi) is 4.42. The van der Waals surface area contributed by atoms with Gasteiger partial charge in [0.25, 0.3) is 0 Å². The van der Waals surface area contributed by atoms with Gasteiger partial charge >= 0.3 is 0 Å². The lowest BCUT2D eigenvalue weighted by Crippen LogP contribution is -2.29. The van der Waals surface area contributed by atoms with Crippen LogP contribution in [0.2, 0.25) is 0 Å². The molecule has 1 rings (SSSR count).